The van der Waals surface area contributed by atoms with E-state index in [0.717, 1.165) is 5.56 Å². The molecule has 0 aliphatic heterocycles. The van der Waals surface area contributed by atoms with Crippen molar-refractivity contribution in [1.82, 2.24) is 5.32 Å². The van der Waals surface area contributed by atoms with Crippen molar-refractivity contribution in [3.05, 3.63) is 35.9 Å². The Kier molecular flexibility index (Phi) is 6.22. The monoisotopic (exact) mass is 277 g/mol. The van der Waals surface area contributed by atoms with Gasteiger partial charge in [-0.1, -0.05) is 51.1 Å². The molecule has 2 atom stereocenters. The maximum Gasteiger partial charge on any atom is 0.326 e. The number of carboxylic acids is 1. The molecular weight excluding hydrogens is 254 g/mol. The smallest absolute Gasteiger partial charge is 0.326 e. The molecule has 1 aromatic rings. The first-order valence-electron chi connectivity index (χ1n) is 6.97. The molecule has 1 unspecified atom stereocenters. The third-order valence-electron chi connectivity index (χ3n) is 3.15. The highest BCUT2D eigenvalue weighted by atomic mass is 16.4. The number of rotatable bonds is 7. The normalized spacial score (nSPS) is 13.8. The Morgan fingerprint density at radius 1 is 1.15 bits per heavy atom. The van der Waals surface area contributed by atoms with E-state index in [4.69, 9.17) is 5.11 Å². The molecule has 20 heavy (non-hydrogen) atoms. The van der Waals surface area contributed by atoms with E-state index in [-0.39, 0.29) is 17.7 Å². The van der Waals surface area contributed by atoms with Crippen molar-refractivity contribution in [2.24, 2.45) is 11.8 Å². The maximum absolute atomic E-state index is 12.1. The van der Waals surface area contributed by atoms with Crippen LogP contribution in [0.4, 0.5) is 0 Å². The number of aliphatic carboxylic acids is 1. The quantitative estimate of drug-likeness (QED) is 0.804. The Morgan fingerprint density at radius 2 is 1.75 bits per heavy atom. The van der Waals surface area contributed by atoms with Crippen LogP contribution in [0.25, 0.3) is 0 Å². The predicted octanol–water partition coefficient (Wildman–Crippen LogP) is 2.48. The SMILES string of the molecule is CC(C)C[C@H](NC(=O)C(C)Cc1ccccc1)C(=O)O. The van der Waals surface area contributed by atoms with Gasteiger partial charge in [0.25, 0.3) is 0 Å². The van der Waals surface area contributed by atoms with Crippen LogP contribution < -0.4 is 5.32 Å². The van der Waals surface area contributed by atoms with Crippen LogP contribution in [0.15, 0.2) is 30.3 Å². The molecule has 0 bridgehead atoms. The number of amides is 1. The first-order valence-corrected chi connectivity index (χ1v) is 6.97. The van der Waals surface area contributed by atoms with Gasteiger partial charge in [-0.2, -0.15) is 0 Å². The zero-order valence-electron chi connectivity index (χ0n) is 12.3. The van der Waals surface area contributed by atoms with Gasteiger partial charge >= 0.3 is 5.97 Å². The summed E-state index contributed by atoms with van der Waals surface area (Å²) in [7, 11) is 0. The fraction of sp³-hybridized carbons (Fsp3) is 0.500. The minimum atomic E-state index is -0.973. The van der Waals surface area contributed by atoms with Crippen LogP contribution in [0.5, 0.6) is 0 Å². The van der Waals surface area contributed by atoms with Crippen LogP contribution in [0.2, 0.25) is 0 Å². The first-order chi connectivity index (χ1) is 9.40. The fourth-order valence-electron chi connectivity index (χ4n) is 2.07. The number of hydrogen-bond donors (Lipinski definition) is 2. The van der Waals surface area contributed by atoms with Crippen molar-refractivity contribution in [3.63, 3.8) is 0 Å². The van der Waals surface area contributed by atoms with Crippen LogP contribution in [0.3, 0.4) is 0 Å². The first kappa shape index (κ1) is 16.2. The standard InChI is InChI=1S/C16H23NO3/c1-11(2)9-14(16(19)20)17-15(18)12(3)10-13-7-5-4-6-8-13/h4-8,11-12,14H,9-10H2,1-3H3,(H,17,18)(H,19,20)/t12?,14-/m0/s1. The summed E-state index contributed by atoms with van der Waals surface area (Å²) in [5, 5.41) is 11.8. The maximum atomic E-state index is 12.1. The minimum absolute atomic E-state index is 0.207. The average molecular weight is 277 g/mol. The molecule has 2 N–H and O–H groups in total. The van der Waals surface area contributed by atoms with Crippen molar-refractivity contribution in [1.29, 1.82) is 0 Å². The van der Waals surface area contributed by atoms with Gasteiger partial charge in [0, 0.05) is 5.92 Å². The number of benzene rings is 1. The Morgan fingerprint density at radius 3 is 2.25 bits per heavy atom. The highest BCUT2D eigenvalue weighted by Gasteiger charge is 2.23. The molecule has 1 amide bonds. The second-order valence-corrected chi connectivity index (χ2v) is 5.62. The summed E-state index contributed by atoms with van der Waals surface area (Å²) < 4.78 is 0. The van der Waals surface area contributed by atoms with Crippen LogP contribution in [0, 0.1) is 11.8 Å². The zero-order valence-corrected chi connectivity index (χ0v) is 12.3. The molecule has 0 fully saturated rings. The molecule has 110 valence electrons. The van der Waals surface area contributed by atoms with Crippen molar-refractivity contribution >= 4 is 11.9 Å². The van der Waals surface area contributed by atoms with Crippen molar-refractivity contribution < 1.29 is 14.7 Å². The van der Waals surface area contributed by atoms with Crippen LogP contribution in [-0.2, 0) is 16.0 Å². The second kappa shape index (κ2) is 7.68. The molecule has 0 aliphatic carbocycles. The minimum Gasteiger partial charge on any atom is -0.480 e. The Balaban J connectivity index is 2.57. The molecule has 1 aromatic carbocycles. The Hall–Kier alpha value is -1.84. The summed E-state index contributed by atoms with van der Waals surface area (Å²) in [5.41, 5.74) is 1.07. The number of carboxylic acid groups (broad SMARTS) is 1. The van der Waals surface area contributed by atoms with E-state index in [9.17, 15) is 9.59 Å². The molecule has 1 rings (SSSR count). The van der Waals surface area contributed by atoms with Crippen LogP contribution in [-0.4, -0.2) is 23.0 Å². The molecule has 0 radical (unpaired) electrons. The number of carbonyl (C=O) groups excluding carboxylic acids is 1. The number of nitrogens with one attached hydrogen (secondary N) is 1. The van der Waals surface area contributed by atoms with Gasteiger partial charge in [0.2, 0.25) is 5.91 Å². The van der Waals surface area contributed by atoms with Gasteiger partial charge in [0.05, 0.1) is 0 Å². The lowest BCUT2D eigenvalue weighted by atomic mass is 9.98. The van der Waals surface area contributed by atoms with E-state index in [1.807, 2.05) is 51.1 Å². The van der Waals surface area contributed by atoms with E-state index >= 15 is 0 Å². The van der Waals surface area contributed by atoms with Crippen LogP contribution >= 0.6 is 0 Å². The number of carbonyl (C=O) groups is 2. The van der Waals surface area contributed by atoms with Gasteiger partial charge in [-0.05, 0) is 24.3 Å². The molecule has 0 heterocycles. The highest BCUT2D eigenvalue weighted by molar-refractivity contribution is 5.84. The van der Waals surface area contributed by atoms with Gasteiger partial charge in [-0.15, -0.1) is 0 Å². The molecule has 0 saturated heterocycles. The summed E-state index contributed by atoms with van der Waals surface area (Å²) >= 11 is 0. The molecule has 0 aliphatic rings. The molecule has 0 saturated carbocycles. The lowest BCUT2D eigenvalue weighted by molar-refractivity contribution is -0.142. The zero-order chi connectivity index (χ0) is 15.1. The van der Waals surface area contributed by atoms with Gasteiger partial charge in [-0.3, -0.25) is 4.79 Å². The third-order valence-corrected chi connectivity index (χ3v) is 3.15. The van der Waals surface area contributed by atoms with Gasteiger partial charge in [0.15, 0.2) is 0 Å². The summed E-state index contributed by atoms with van der Waals surface area (Å²) in [6, 6.07) is 8.91. The fourth-order valence-corrected chi connectivity index (χ4v) is 2.07. The van der Waals surface area contributed by atoms with E-state index < -0.39 is 12.0 Å². The van der Waals surface area contributed by atoms with Crippen molar-refractivity contribution in [2.75, 3.05) is 0 Å². The van der Waals surface area contributed by atoms with E-state index in [1.54, 1.807) is 0 Å². The molecule has 4 heteroatoms. The van der Waals surface area contributed by atoms with Crippen molar-refractivity contribution in [3.8, 4) is 0 Å². The molecule has 0 aromatic heterocycles. The van der Waals surface area contributed by atoms with Gasteiger partial charge in [-0.25, -0.2) is 4.79 Å². The summed E-state index contributed by atoms with van der Waals surface area (Å²) in [4.78, 5) is 23.2. The van der Waals surface area contributed by atoms with E-state index in [2.05, 4.69) is 5.32 Å². The molecular formula is C16H23NO3. The topological polar surface area (TPSA) is 66.4 Å². The number of hydrogen-bond acceptors (Lipinski definition) is 2. The average Bonchev–Trinajstić information content (AvgIpc) is 2.38. The summed E-state index contributed by atoms with van der Waals surface area (Å²) in [5.74, 6) is -1.20. The largest absolute Gasteiger partial charge is 0.480 e. The molecule has 0 spiro atoms. The third kappa shape index (κ3) is 5.43. The summed E-state index contributed by atoms with van der Waals surface area (Å²) in [6.07, 6.45) is 1.06. The van der Waals surface area contributed by atoms with Crippen molar-refractivity contribution in [2.45, 2.75) is 39.7 Å². The van der Waals surface area contributed by atoms with E-state index in [1.165, 1.54) is 0 Å². The Bertz CT molecular complexity index is 442. The second-order valence-electron chi connectivity index (χ2n) is 5.62. The Labute approximate surface area is 120 Å². The lowest BCUT2D eigenvalue weighted by Crippen LogP contribution is -2.44. The summed E-state index contributed by atoms with van der Waals surface area (Å²) in [6.45, 7) is 5.70. The highest BCUT2D eigenvalue weighted by Crippen LogP contribution is 2.10. The van der Waals surface area contributed by atoms with Crippen LogP contribution in [0.1, 0.15) is 32.8 Å². The molecule has 4 nitrogen and oxygen atoms in total. The van der Waals surface area contributed by atoms with Gasteiger partial charge in [0.1, 0.15) is 6.04 Å². The lowest BCUT2D eigenvalue weighted by Gasteiger charge is -2.19. The van der Waals surface area contributed by atoms with Gasteiger partial charge < -0.3 is 10.4 Å². The predicted molar refractivity (Wildman–Crippen MR) is 78.3 cm³/mol. The van der Waals surface area contributed by atoms with E-state index in [0.29, 0.717) is 12.8 Å².